The third-order valence-corrected chi connectivity index (χ3v) is 3.74. The molecular formula is C10H12O3S. The Morgan fingerprint density at radius 3 is 3.07 bits per heavy atom. The quantitative estimate of drug-likeness (QED) is 0.834. The number of thioether (sulfide) groups is 1. The fraction of sp³-hybridized carbons (Fsp3) is 0.500. The summed E-state index contributed by atoms with van der Waals surface area (Å²) in [4.78, 5) is 11.1. The Morgan fingerprint density at radius 2 is 2.57 bits per heavy atom. The Hall–Kier alpha value is -0.900. The van der Waals surface area contributed by atoms with Crippen LogP contribution in [0.2, 0.25) is 0 Å². The first-order valence-corrected chi connectivity index (χ1v) is 5.78. The minimum atomic E-state index is -0.771. The smallest absolute Gasteiger partial charge is 0.314 e. The van der Waals surface area contributed by atoms with Gasteiger partial charge < -0.3 is 9.52 Å². The highest BCUT2D eigenvalue weighted by Crippen LogP contribution is 2.36. The van der Waals surface area contributed by atoms with Crippen molar-refractivity contribution in [2.24, 2.45) is 5.92 Å². The molecule has 1 fully saturated rings. The summed E-state index contributed by atoms with van der Waals surface area (Å²) in [5, 5.41) is 9.14. The largest absolute Gasteiger partial charge is 0.481 e. The van der Waals surface area contributed by atoms with Crippen LogP contribution in [-0.2, 0) is 4.79 Å². The molecule has 1 aromatic rings. The number of carboxylic acid groups (broad SMARTS) is 1. The molecule has 76 valence electrons. The van der Waals surface area contributed by atoms with Gasteiger partial charge in [-0.15, -0.1) is 0 Å². The molecule has 3 nitrogen and oxygen atoms in total. The lowest BCUT2D eigenvalue weighted by Crippen LogP contribution is -2.20. The summed E-state index contributed by atoms with van der Waals surface area (Å²) in [5.41, 5.74) is 0. The standard InChI is InChI=1S/C10H12O3S/c11-10(12)9(7-3-5-14-6-7)8-2-1-4-13-8/h1-2,4,7,9H,3,5-6H2,(H,11,12). The number of carbonyl (C=O) groups is 1. The van der Waals surface area contributed by atoms with Gasteiger partial charge in [0, 0.05) is 0 Å². The summed E-state index contributed by atoms with van der Waals surface area (Å²) in [6.07, 6.45) is 2.51. The maximum Gasteiger partial charge on any atom is 0.314 e. The first-order chi connectivity index (χ1) is 6.79. The fourth-order valence-electron chi connectivity index (χ4n) is 1.84. The van der Waals surface area contributed by atoms with E-state index < -0.39 is 11.9 Å². The maximum atomic E-state index is 11.1. The summed E-state index contributed by atoms with van der Waals surface area (Å²) in [7, 11) is 0. The van der Waals surface area contributed by atoms with E-state index in [1.807, 2.05) is 11.8 Å². The molecule has 0 radical (unpaired) electrons. The van der Waals surface area contributed by atoms with E-state index in [1.165, 1.54) is 6.26 Å². The molecule has 2 unspecified atom stereocenters. The van der Waals surface area contributed by atoms with Crippen LogP contribution in [0.4, 0.5) is 0 Å². The van der Waals surface area contributed by atoms with Crippen molar-refractivity contribution < 1.29 is 14.3 Å². The Morgan fingerprint density at radius 1 is 1.71 bits per heavy atom. The van der Waals surface area contributed by atoms with Gasteiger partial charge in [0.15, 0.2) is 0 Å². The minimum Gasteiger partial charge on any atom is -0.481 e. The van der Waals surface area contributed by atoms with Crippen LogP contribution in [0.25, 0.3) is 0 Å². The number of furan rings is 1. The van der Waals surface area contributed by atoms with Gasteiger partial charge in [-0.3, -0.25) is 4.79 Å². The number of carboxylic acids is 1. The van der Waals surface area contributed by atoms with E-state index in [2.05, 4.69) is 0 Å². The summed E-state index contributed by atoms with van der Waals surface area (Å²) < 4.78 is 5.18. The van der Waals surface area contributed by atoms with Gasteiger partial charge in [0.25, 0.3) is 0 Å². The Labute approximate surface area is 86.5 Å². The molecule has 2 atom stereocenters. The van der Waals surface area contributed by atoms with E-state index in [4.69, 9.17) is 9.52 Å². The van der Waals surface area contributed by atoms with Gasteiger partial charge in [-0.2, -0.15) is 11.8 Å². The highest BCUT2D eigenvalue weighted by Gasteiger charge is 2.34. The first-order valence-electron chi connectivity index (χ1n) is 4.63. The van der Waals surface area contributed by atoms with Crippen LogP contribution in [0, 0.1) is 5.92 Å². The lowest BCUT2D eigenvalue weighted by Gasteiger charge is -2.15. The van der Waals surface area contributed by atoms with Crippen LogP contribution in [0.1, 0.15) is 18.1 Å². The number of aliphatic carboxylic acids is 1. The van der Waals surface area contributed by atoms with Crippen LogP contribution in [0.15, 0.2) is 22.8 Å². The average Bonchev–Trinajstić information content (AvgIpc) is 2.75. The molecular weight excluding hydrogens is 200 g/mol. The van der Waals surface area contributed by atoms with Crippen molar-refractivity contribution in [1.29, 1.82) is 0 Å². The van der Waals surface area contributed by atoms with E-state index in [-0.39, 0.29) is 5.92 Å². The monoisotopic (exact) mass is 212 g/mol. The molecule has 0 bridgehead atoms. The van der Waals surface area contributed by atoms with Crippen LogP contribution >= 0.6 is 11.8 Å². The van der Waals surface area contributed by atoms with E-state index in [0.29, 0.717) is 5.76 Å². The molecule has 0 saturated carbocycles. The topological polar surface area (TPSA) is 50.4 Å². The molecule has 2 rings (SSSR count). The second kappa shape index (κ2) is 4.09. The van der Waals surface area contributed by atoms with Crippen molar-refractivity contribution in [2.45, 2.75) is 12.3 Å². The number of rotatable bonds is 3. The molecule has 1 aliphatic heterocycles. The van der Waals surface area contributed by atoms with Crippen molar-refractivity contribution in [3.05, 3.63) is 24.2 Å². The molecule has 0 aromatic carbocycles. The molecule has 2 heterocycles. The average molecular weight is 212 g/mol. The zero-order chi connectivity index (χ0) is 9.97. The molecule has 0 amide bonds. The van der Waals surface area contributed by atoms with Crippen LogP contribution in [-0.4, -0.2) is 22.6 Å². The molecule has 4 heteroatoms. The lowest BCUT2D eigenvalue weighted by atomic mass is 9.90. The van der Waals surface area contributed by atoms with Crippen molar-refractivity contribution in [2.75, 3.05) is 11.5 Å². The summed E-state index contributed by atoms with van der Waals surface area (Å²) >= 11 is 1.82. The maximum absolute atomic E-state index is 11.1. The van der Waals surface area contributed by atoms with E-state index in [0.717, 1.165) is 17.9 Å². The molecule has 0 aliphatic carbocycles. The highest BCUT2D eigenvalue weighted by atomic mass is 32.2. The normalized spacial score (nSPS) is 23.6. The molecule has 1 N–H and O–H groups in total. The van der Waals surface area contributed by atoms with E-state index in [1.54, 1.807) is 12.1 Å². The van der Waals surface area contributed by atoms with Crippen molar-refractivity contribution in [3.8, 4) is 0 Å². The molecule has 14 heavy (non-hydrogen) atoms. The lowest BCUT2D eigenvalue weighted by molar-refractivity contribution is -0.140. The Kier molecular flexibility index (Phi) is 2.82. The summed E-state index contributed by atoms with van der Waals surface area (Å²) in [6.45, 7) is 0. The second-order valence-corrected chi connectivity index (χ2v) is 4.60. The summed E-state index contributed by atoms with van der Waals surface area (Å²) in [6, 6.07) is 3.50. The van der Waals surface area contributed by atoms with Gasteiger partial charge in [0.1, 0.15) is 11.7 Å². The zero-order valence-corrected chi connectivity index (χ0v) is 8.50. The van der Waals surface area contributed by atoms with Crippen molar-refractivity contribution in [1.82, 2.24) is 0 Å². The molecule has 0 spiro atoms. The third kappa shape index (κ3) is 1.80. The van der Waals surface area contributed by atoms with Gasteiger partial charge in [-0.1, -0.05) is 0 Å². The molecule has 1 saturated heterocycles. The first kappa shape index (κ1) is 9.65. The Bertz CT molecular complexity index is 301. The van der Waals surface area contributed by atoms with Crippen LogP contribution in [0.3, 0.4) is 0 Å². The minimum absolute atomic E-state index is 0.226. The van der Waals surface area contributed by atoms with Crippen LogP contribution in [0.5, 0.6) is 0 Å². The highest BCUT2D eigenvalue weighted by molar-refractivity contribution is 7.99. The van der Waals surface area contributed by atoms with Crippen molar-refractivity contribution >= 4 is 17.7 Å². The Balaban J connectivity index is 2.19. The van der Waals surface area contributed by atoms with E-state index >= 15 is 0 Å². The molecule has 1 aliphatic rings. The van der Waals surface area contributed by atoms with Gasteiger partial charge in [-0.25, -0.2) is 0 Å². The van der Waals surface area contributed by atoms with E-state index in [9.17, 15) is 4.79 Å². The van der Waals surface area contributed by atoms with Gasteiger partial charge in [0.05, 0.1) is 6.26 Å². The third-order valence-electron chi connectivity index (χ3n) is 2.55. The van der Waals surface area contributed by atoms with Crippen molar-refractivity contribution in [3.63, 3.8) is 0 Å². The van der Waals surface area contributed by atoms with Gasteiger partial charge >= 0.3 is 5.97 Å². The zero-order valence-electron chi connectivity index (χ0n) is 7.68. The predicted molar refractivity (Wildman–Crippen MR) is 54.5 cm³/mol. The fourth-order valence-corrected chi connectivity index (χ4v) is 3.14. The molecule has 1 aromatic heterocycles. The van der Waals surface area contributed by atoms with Crippen LogP contribution < -0.4 is 0 Å². The number of hydrogen-bond acceptors (Lipinski definition) is 3. The summed E-state index contributed by atoms with van der Waals surface area (Å²) in [5.74, 6) is 1.58. The van der Waals surface area contributed by atoms with Gasteiger partial charge in [0.2, 0.25) is 0 Å². The van der Waals surface area contributed by atoms with Gasteiger partial charge in [-0.05, 0) is 36.0 Å². The SMILES string of the molecule is O=C(O)C(c1ccco1)C1CCSC1. The number of hydrogen-bond donors (Lipinski definition) is 1. The predicted octanol–water partition coefficient (Wildman–Crippen LogP) is 2.20. The second-order valence-electron chi connectivity index (χ2n) is 3.45.